The number of aromatic amines is 1. The number of hydrogen-bond donors (Lipinski definition) is 1. The molecule has 0 bridgehead atoms. The van der Waals surface area contributed by atoms with E-state index in [-0.39, 0.29) is 11.2 Å². The molecule has 1 N–H and O–H groups in total. The third kappa shape index (κ3) is 1.87. The Hall–Kier alpha value is -1.85. The van der Waals surface area contributed by atoms with Crippen molar-refractivity contribution in [3.63, 3.8) is 0 Å². The van der Waals surface area contributed by atoms with Gasteiger partial charge in [-0.05, 0) is 12.8 Å². The van der Waals surface area contributed by atoms with Crippen LogP contribution in [0.4, 0.5) is 0 Å². The summed E-state index contributed by atoms with van der Waals surface area (Å²) in [7, 11) is 1.49. The van der Waals surface area contributed by atoms with E-state index in [9.17, 15) is 9.59 Å². The maximum atomic E-state index is 12.1. The van der Waals surface area contributed by atoms with Crippen molar-refractivity contribution >= 4 is 11.2 Å². The molecule has 0 radical (unpaired) electrons. The monoisotopic (exact) mass is 250 g/mol. The number of rotatable bonds is 3. The maximum absolute atomic E-state index is 12.1. The Morgan fingerprint density at radius 1 is 1.39 bits per heavy atom. The van der Waals surface area contributed by atoms with Crippen LogP contribution in [-0.4, -0.2) is 19.1 Å². The molecule has 2 heterocycles. The zero-order valence-corrected chi connectivity index (χ0v) is 11.1. The number of nitrogens with zero attached hydrogens (tertiary/aromatic N) is 3. The van der Waals surface area contributed by atoms with Crippen LogP contribution < -0.4 is 11.2 Å². The number of fused-ring (bicyclic) bond motifs is 1. The van der Waals surface area contributed by atoms with Crippen LogP contribution in [0, 0.1) is 12.8 Å². The van der Waals surface area contributed by atoms with Gasteiger partial charge in [0.25, 0.3) is 5.56 Å². The fourth-order valence-electron chi connectivity index (χ4n) is 1.96. The summed E-state index contributed by atoms with van der Waals surface area (Å²) < 4.78 is 2.71. The Morgan fingerprint density at radius 2 is 2.06 bits per heavy atom. The van der Waals surface area contributed by atoms with Crippen LogP contribution in [0.1, 0.15) is 26.1 Å². The Bertz CT molecular complexity index is 692. The zero-order valence-electron chi connectivity index (χ0n) is 11.1. The van der Waals surface area contributed by atoms with E-state index in [0.717, 1.165) is 11.0 Å². The van der Waals surface area contributed by atoms with E-state index in [4.69, 9.17) is 0 Å². The summed E-state index contributed by atoms with van der Waals surface area (Å²) in [5.74, 6) is 1.01. The molecule has 2 aromatic rings. The number of imidazole rings is 1. The zero-order chi connectivity index (χ0) is 13.4. The normalized spacial score (nSPS) is 13.1. The topological polar surface area (TPSA) is 72.7 Å². The summed E-state index contributed by atoms with van der Waals surface area (Å²) in [6.07, 6.45) is 0.972. The fourth-order valence-corrected chi connectivity index (χ4v) is 1.96. The fraction of sp³-hybridized carbons (Fsp3) is 0.583. The van der Waals surface area contributed by atoms with E-state index >= 15 is 0 Å². The molecule has 0 saturated carbocycles. The van der Waals surface area contributed by atoms with Crippen LogP contribution >= 0.6 is 0 Å². The van der Waals surface area contributed by atoms with Crippen LogP contribution in [0.3, 0.4) is 0 Å². The largest absolute Gasteiger partial charge is 0.336 e. The molecule has 0 spiro atoms. The second-order valence-corrected chi connectivity index (χ2v) is 4.79. The molecule has 0 unspecified atom stereocenters. The molecule has 18 heavy (non-hydrogen) atoms. The SMILES string of the molecule is CC[C@H](C)Cn1c(=O)n(C)c(=O)c2[nH]c(C)nc21. The van der Waals surface area contributed by atoms with E-state index in [1.807, 2.05) is 0 Å². The van der Waals surface area contributed by atoms with Crippen molar-refractivity contribution in [1.29, 1.82) is 0 Å². The predicted octanol–water partition coefficient (Wildman–Crippen LogP) is 0.778. The van der Waals surface area contributed by atoms with Crippen molar-refractivity contribution < 1.29 is 0 Å². The maximum Gasteiger partial charge on any atom is 0.332 e. The predicted molar refractivity (Wildman–Crippen MR) is 69.8 cm³/mol. The number of H-pyrrole nitrogens is 1. The molecule has 2 aromatic heterocycles. The summed E-state index contributed by atoms with van der Waals surface area (Å²) in [4.78, 5) is 31.3. The Balaban J connectivity index is 2.78. The highest BCUT2D eigenvalue weighted by Gasteiger charge is 2.15. The van der Waals surface area contributed by atoms with E-state index in [1.165, 1.54) is 7.05 Å². The molecule has 98 valence electrons. The van der Waals surface area contributed by atoms with Crippen molar-refractivity contribution in [1.82, 2.24) is 19.1 Å². The molecular formula is C12H18N4O2. The molecule has 0 aromatic carbocycles. The first-order chi connectivity index (χ1) is 8.45. The van der Waals surface area contributed by atoms with Crippen molar-refractivity contribution in [3.8, 4) is 0 Å². The van der Waals surface area contributed by atoms with E-state index in [1.54, 1.807) is 11.5 Å². The van der Waals surface area contributed by atoms with Crippen LogP contribution in [-0.2, 0) is 13.6 Å². The first-order valence-corrected chi connectivity index (χ1v) is 6.11. The van der Waals surface area contributed by atoms with E-state index in [2.05, 4.69) is 23.8 Å². The van der Waals surface area contributed by atoms with Crippen molar-refractivity contribution in [2.45, 2.75) is 33.7 Å². The average molecular weight is 250 g/mol. The Kier molecular flexibility index (Phi) is 3.11. The summed E-state index contributed by atoms with van der Waals surface area (Å²) in [6.45, 7) is 6.50. The molecule has 0 aliphatic carbocycles. The minimum atomic E-state index is -0.323. The van der Waals surface area contributed by atoms with Gasteiger partial charge in [-0.25, -0.2) is 9.78 Å². The molecule has 0 fully saturated rings. The van der Waals surface area contributed by atoms with Crippen LogP contribution in [0.25, 0.3) is 11.2 Å². The quantitative estimate of drug-likeness (QED) is 0.874. The molecule has 1 atom stereocenters. The number of nitrogens with one attached hydrogen (secondary N) is 1. The van der Waals surface area contributed by atoms with Crippen molar-refractivity contribution in [2.24, 2.45) is 13.0 Å². The third-order valence-corrected chi connectivity index (χ3v) is 3.29. The standard InChI is InChI=1S/C12H18N4O2/c1-5-7(2)6-16-10-9(13-8(3)14-10)11(17)15(4)12(16)18/h7H,5-6H2,1-4H3,(H,13,14)/t7-/m0/s1. The first-order valence-electron chi connectivity index (χ1n) is 6.11. The lowest BCUT2D eigenvalue weighted by molar-refractivity contribution is 0.454. The second-order valence-electron chi connectivity index (χ2n) is 4.79. The third-order valence-electron chi connectivity index (χ3n) is 3.29. The van der Waals surface area contributed by atoms with Gasteiger partial charge < -0.3 is 4.98 Å². The van der Waals surface area contributed by atoms with Crippen molar-refractivity contribution in [2.75, 3.05) is 0 Å². The molecule has 0 amide bonds. The molecule has 6 heteroatoms. The molecular weight excluding hydrogens is 232 g/mol. The van der Waals surface area contributed by atoms with Crippen molar-refractivity contribution in [3.05, 3.63) is 26.7 Å². The van der Waals surface area contributed by atoms with Gasteiger partial charge in [-0.3, -0.25) is 13.9 Å². The van der Waals surface area contributed by atoms with Crippen LogP contribution in [0.2, 0.25) is 0 Å². The smallest absolute Gasteiger partial charge is 0.332 e. The van der Waals surface area contributed by atoms with E-state index < -0.39 is 0 Å². The van der Waals surface area contributed by atoms with Gasteiger partial charge in [0, 0.05) is 13.6 Å². The second kappa shape index (κ2) is 4.44. The van der Waals surface area contributed by atoms with Gasteiger partial charge in [0.15, 0.2) is 5.65 Å². The van der Waals surface area contributed by atoms with Gasteiger partial charge in [0.1, 0.15) is 11.3 Å². The van der Waals surface area contributed by atoms with Gasteiger partial charge in [0.05, 0.1) is 0 Å². The van der Waals surface area contributed by atoms with Gasteiger partial charge in [0.2, 0.25) is 0 Å². The summed E-state index contributed by atoms with van der Waals surface area (Å²) in [6, 6.07) is 0. The van der Waals surface area contributed by atoms with Gasteiger partial charge in [-0.15, -0.1) is 0 Å². The Morgan fingerprint density at radius 3 is 2.67 bits per heavy atom. The summed E-state index contributed by atoms with van der Waals surface area (Å²) in [5.41, 5.74) is 0.231. The molecule has 0 saturated heterocycles. The lowest BCUT2D eigenvalue weighted by Gasteiger charge is -2.12. The average Bonchev–Trinajstić information content (AvgIpc) is 2.73. The number of aromatic nitrogens is 4. The molecule has 0 aliphatic rings. The highest BCUT2D eigenvalue weighted by atomic mass is 16.2. The van der Waals surface area contributed by atoms with Gasteiger partial charge in [-0.2, -0.15) is 0 Å². The summed E-state index contributed by atoms with van der Waals surface area (Å²) >= 11 is 0. The highest BCUT2D eigenvalue weighted by molar-refractivity contribution is 5.69. The lowest BCUT2D eigenvalue weighted by Crippen LogP contribution is -2.39. The molecule has 2 rings (SSSR count). The minimum absolute atomic E-state index is 0.306. The number of aryl methyl sites for hydroxylation is 1. The molecule has 6 nitrogen and oxygen atoms in total. The van der Waals surface area contributed by atoms with Crippen LogP contribution in [0.5, 0.6) is 0 Å². The Labute approximate surface area is 104 Å². The van der Waals surface area contributed by atoms with Crippen LogP contribution in [0.15, 0.2) is 9.59 Å². The first kappa shape index (κ1) is 12.6. The van der Waals surface area contributed by atoms with Gasteiger partial charge in [-0.1, -0.05) is 20.3 Å². The molecule has 0 aliphatic heterocycles. The highest BCUT2D eigenvalue weighted by Crippen LogP contribution is 2.09. The lowest BCUT2D eigenvalue weighted by atomic mass is 10.1. The number of hydrogen-bond acceptors (Lipinski definition) is 3. The van der Waals surface area contributed by atoms with E-state index in [0.29, 0.717) is 29.5 Å². The summed E-state index contributed by atoms with van der Waals surface area (Å²) in [5, 5.41) is 0. The minimum Gasteiger partial charge on any atom is -0.336 e. The van der Waals surface area contributed by atoms with Gasteiger partial charge >= 0.3 is 5.69 Å².